The second kappa shape index (κ2) is 6.11. The van der Waals surface area contributed by atoms with Crippen LogP contribution in [0.5, 0.6) is 0 Å². The highest BCUT2D eigenvalue weighted by atomic mass is 16.4. The van der Waals surface area contributed by atoms with E-state index in [9.17, 15) is 9.59 Å². The van der Waals surface area contributed by atoms with Crippen LogP contribution in [0, 0.1) is 25.7 Å². The van der Waals surface area contributed by atoms with Gasteiger partial charge in [-0.25, -0.2) is 4.68 Å². The number of aryl methyl sites for hydroxylation is 2. The zero-order chi connectivity index (χ0) is 17.4. The summed E-state index contributed by atoms with van der Waals surface area (Å²) in [6.07, 6.45) is 0.435. The Labute approximate surface area is 140 Å². The summed E-state index contributed by atoms with van der Waals surface area (Å²) in [4.78, 5) is 22.9. The van der Waals surface area contributed by atoms with Gasteiger partial charge in [0.1, 0.15) is 0 Å². The molecular formula is C18H21N3O3. The summed E-state index contributed by atoms with van der Waals surface area (Å²) < 4.78 is 1.88. The van der Waals surface area contributed by atoms with Crippen LogP contribution in [0.15, 0.2) is 30.3 Å². The second-order valence-electron chi connectivity index (χ2n) is 6.45. The summed E-state index contributed by atoms with van der Waals surface area (Å²) in [6, 6.07) is 9.70. The van der Waals surface area contributed by atoms with Gasteiger partial charge in [0.2, 0.25) is 5.91 Å². The molecular weight excluding hydrogens is 306 g/mol. The zero-order valence-corrected chi connectivity index (χ0v) is 14.0. The Hall–Kier alpha value is -2.63. The Balaban J connectivity index is 1.66. The van der Waals surface area contributed by atoms with Crippen LogP contribution in [-0.2, 0) is 9.59 Å². The number of aliphatic carboxylic acids is 1. The van der Waals surface area contributed by atoms with Gasteiger partial charge >= 0.3 is 5.97 Å². The first-order valence-electron chi connectivity index (χ1n) is 8.03. The van der Waals surface area contributed by atoms with E-state index in [0.29, 0.717) is 6.42 Å². The number of nitrogens with one attached hydrogen (secondary N) is 1. The Bertz CT molecular complexity index is 779. The molecule has 6 nitrogen and oxygen atoms in total. The molecule has 1 aliphatic carbocycles. The molecule has 0 saturated heterocycles. The molecule has 0 bridgehead atoms. The highest BCUT2D eigenvalue weighted by Gasteiger charge is 2.48. The van der Waals surface area contributed by atoms with Crippen molar-refractivity contribution >= 4 is 11.9 Å². The van der Waals surface area contributed by atoms with Crippen LogP contribution >= 0.6 is 0 Å². The third kappa shape index (κ3) is 3.18. The minimum atomic E-state index is -0.892. The lowest BCUT2D eigenvalue weighted by molar-refractivity contribution is -0.140. The average molecular weight is 327 g/mol. The van der Waals surface area contributed by atoms with E-state index in [2.05, 4.69) is 10.4 Å². The fourth-order valence-electron chi connectivity index (χ4n) is 2.96. The maximum absolute atomic E-state index is 12.1. The van der Waals surface area contributed by atoms with Gasteiger partial charge in [-0.15, -0.1) is 0 Å². The fourth-order valence-corrected chi connectivity index (χ4v) is 2.96. The highest BCUT2D eigenvalue weighted by Crippen LogP contribution is 2.39. The van der Waals surface area contributed by atoms with E-state index in [1.54, 1.807) is 0 Å². The number of nitrogens with zero attached hydrogens (tertiary/aromatic N) is 2. The third-order valence-electron chi connectivity index (χ3n) is 4.45. The van der Waals surface area contributed by atoms with Crippen LogP contribution in [0.4, 0.5) is 0 Å². The Morgan fingerprint density at radius 1 is 1.25 bits per heavy atom. The summed E-state index contributed by atoms with van der Waals surface area (Å²) >= 11 is 0. The van der Waals surface area contributed by atoms with E-state index in [0.717, 1.165) is 22.6 Å². The van der Waals surface area contributed by atoms with Crippen molar-refractivity contribution in [2.24, 2.45) is 11.8 Å². The van der Waals surface area contributed by atoms with Crippen molar-refractivity contribution < 1.29 is 14.7 Å². The minimum Gasteiger partial charge on any atom is -0.481 e. The van der Waals surface area contributed by atoms with Gasteiger partial charge in [-0.2, -0.15) is 5.10 Å². The first-order chi connectivity index (χ1) is 11.4. The van der Waals surface area contributed by atoms with E-state index in [1.165, 1.54) is 0 Å². The third-order valence-corrected chi connectivity index (χ3v) is 4.45. The molecule has 1 fully saturated rings. The van der Waals surface area contributed by atoms with Crippen molar-refractivity contribution in [3.63, 3.8) is 0 Å². The summed E-state index contributed by atoms with van der Waals surface area (Å²) in [5.41, 5.74) is 3.97. The smallest absolute Gasteiger partial charge is 0.307 e. The summed E-state index contributed by atoms with van der Waals surface area (Å²) in [5, 5.41) is 16.2. The Morgan fingerprint density at radius 2 is 1.92 bits per heavy atom. The van der Waals surface area contributed by atoms with Gasteiger partial charge in [0, 0.05) is 5.69 Å². The van der Waals surface area contributed by atoms with Gasteiger partial charge in [-0.1, -0.05) is 12.1 Å². The molecule has 0 radical (unpaired) electrons. The van der Waals surface area contributed by atoms with E-state index in [-0.39, 0.29) is 17.9 Å². The van der Waals surface area contributed by atoms with Gasteiger partial charge in [0.05, 0.1) is 29.3 Å². The number of carbonyl (C=O) groups excluding carboxylic acids is 1. The predicted molar refractivity (Wildman–Crippen MR) is 88.8 cm³/mol. The number of amides is 1. The van der Waals surface area contributed by atoms with Crippen molar-refractivity contribution in [1.29, 1.82) is 0 Å². The molecule has 1 amide bonds. The van der Waals surface area contributed by atoms with Crippen molar-refractivity contribution in [3.05, 3.63) is 47.3 Å². The van der Waals surface area contributed by atoms with Crippen LogP contribution in [0.2, 0.25) is 0 Å². The van der Waals surface area contributed by atoms with Crippen molar-refractivity contribution in [2.75, 3.05) is 0 Å². The Kier molecular flexibility index (Phi) is 4.13. The highest BCUT2D eigenvalue weighted by molar-refractivity contribution is 5.89. The van der Waals surface area contributed by atoms with Crippen molar-refractivity contribution in [3.8, 4) is 5.69 Å². The average Bonchev–Trinajstić information content (AvgIpc) is 3.27. The van der Waals surface area contributed by atoms with Crippen LogP contribution in [0.1, 0.15) is 36.3 Å². The standard InChI is InChI=1S/C18H21N3O3/c1-10-8-11(2)21(20-10)14-6-4-13(5-7-14)12(3)19-17(22)15-9-16(15)18(23)24/h4-8,12,15-16H,9H2,1-3H3,(H,19,22)(H,23,24)/t12-,15-,16+/m0/s1. The molecule has 1 aromatic heterocycles. The molecule has 3 rings (SSSR count). The van der Waals surface area contributed by atoms with Crippen molar-refractivity contribution in [2.45, 2.75) is 33.2 Å². The summed E-state index contributed by atoms with van der Waals surface area (Å²) in [7, 11) is 0. The zero-order valence-electron chi connectivity index (χ0n) is 14.0. The van der Waals surface area contributed by atoms with Crippen LogP contribution < -0.4 is 5.32 Å². The second-order valence-corrected chi connectivity index (χ2v) is 6.45. The number of carbonyl (C=O) groups is 2. The van der Waals surface area contributed by atoms with Crippen LogP contribution in [0.25, 0.3) is 5.69 Å². The molecule has 1 aliphatic rings. The fraction of sp³-hybridized carbons (Fsp3) is 0.389. The molecule has 1 saturated carbocycles. The quantitative estimate of drug-likeness (QED) is 0.883. The SMILES string of the molecule is Cc1cc(C)n(-c2ccc([C@H](C)NC(=O)[C@H]3C[C@H]3C(=O)O)cc2)n1. The molecule has 0 aliphatic heterocycles. The maximum atomic E-state index is 12.1. The van der Waals surface area contributed by atoms with Crippen LogP contribution in [-0.4, -0.2) is 26.8 Å². The largest absolute Gasteiger partial charge is 0.481 e. The van der Waals surface area contributed by atoms with Gasteiger partial charge < -0.3 is 10.4 Å². The number of carboxylic acid groups (broad SMARTS) is 1. The molecule has 0 unspecified atom stereocenters. The normalized spacial score (nSPS) is 20.5. The maximum Gasteiger partial charge on any atom is 0.307 e. The Morgan fingerprint density at radius 3 is 2.42 bits per heavy atom. The van der Waals surface area contributed by atoms with Gasteiger partial charge in [-0.3, -0.25) is 9.59 Å². The topological polar surface area (TPSA) is 84.2 Å². The lowest BCUT2D eigenvalue weighted by Crippen LogP contribution is -2.29. The van der Waals surface area contributed by atoms with E-state index in [1.807, 2.05) is 55.8 Å². The monoisotopic (exact) mass is 327 g/mol. The first kappa shape index (κ1) is 16.2. The molecule has 1 aromatic carbocycles. The molecule has 0 spiro atoms. The first-order valence-corrected chi connectivity index (χ1v) is 8.03. The molecule has 3 atom stereocenters. The number of rotatable bonds is 5. The number of hydrogen-bond donors (Lipinski definition) is 2. The van der Waals surface area contributed by atoms with Gasteiger partial charge in [0.15, 0.2) is 0 Å². The van der Waals surface area contributed by atoms with E-state index < -0.39 is 11.9 Å². The molecule has 126 valence electrons. The van der Waals surface area contributed by atoms with E-state index >= 15 is 0 Å². The molecule has 2 aromatic rings. The summed E-state index contributed by atoms with van der Waals surface area (Å²) in [5.74, 6) is -1.99. The lowest BCUT2D eigenvalue weighted by Gasteiger charge is -2.15. The molecule has 6 heteroatoms. The predicted octanol–water partition coefficient (Wildman–Crippen LogP) is 2.39. The molecule has 1 heterocycles. The number of hydrogen-bond acceptors (Lipinski definition) is 3. The lowest BCUT2D eigenvalue weighted by atomic mass is 10.1. The van der Waals surface area contributed by atoms with Gasteiger partial charge in [-0.05, 0) is 51.0 Å². The van der Waals surface area contributed by atoms with Gasteiger partial charge in [0.25, 0.3) is 0 Å². The minimum absolute atomic E-state index is 0.165. The van der Waals surface area contributed by atoms with E-state index in [4.69, 9.17) is 5.11 Å². The number of benzene rings is 1. The molecule has 24 heavy (non-hydrogen) atoms. The number of aromatic nitrogens is 2. The number of carboxylic acids is 1. The van der Waals surface area contributed by atoms with Crippen LogP contribution in [0.3, 0.4) is 0 Å². The summed E-state index contributed by atoms with van der Waals surface area (Å²) in [6.45, 7) is 5.86. The molecule has 2 N–H and O–H groups in total. The van der Waals surface area contributed by atoms with Crippen molar-refractivity contribution in [1.82, 2.24) is 15.1 Å².